The van der Waals surface area contributed by atoms with E-state index in [0.717, 1.165) is 17.1 Å². The molecule has 9 aromatic carbocycles. The van der Waals surface area contributed by atoms with Crippen molar-refractivity contribution in [1.29, 1.82) is 0 Å². The smallest absolute Gasteiger partial charge is 0.0544 e. The Hall–Kier alpha value is -7.42. The second-order valence-corrected chi connectivity index (χ2v) is 18.2. The van der Waals surface area contributed by atoms with Crippen molar-refractivity contribution < 1.29 is 0 Å². The van der Waals surface area contributed by atoms with Crippen LogP contribution in [0.2, 0.25) is 0 Å². The van der Waals surface area contributed by atoms with Crippen molar-refractivity contribution >= 4 is 38.9 Å². The molecule has 10 aromatic rings. The zero-order valence-electron chi connectivity index (χ0n) is 35.5. The SMILES string of the molecule is CC1(C)c2ccccc2-c2cc3c4cc5c(cc4n(-c4ccc(-c6cccc(-c7cccc(N(c8ccccc8)c8ccccc8)c7)c6)cc4)c3cc21)C(C)(C)c1ccccc1-5. The Bertz CT molecular complexity index is 3230. The fraction of sp³-hybridized carbons (Fsp3) is 0.100. The van der Waals surface area contributed by atoms with Crippen molar-refractivity contribution in [1.82, 2.24) is 4.57 Å². The van der Waals surface area contributed by atoms with E-state index in [1.165, 1.54) is 94.3 Å². The molecule has 12 rings (SSSR count). The van der Waals surface area contributed by atoms with Crippen LogP contribution in [0.1, 0.15) is 49.9 Å². The number of rotatable bonds is 6. The van der Waals surface area contributed by atoms with Crippen molar-refractivity contribution in [3.8, 4) is 50.2 Å². The van der Waals surface area contributed by atoms with E-state index in [1.54, 1.807) is 0 Å². The molecular weight excluding hydrogens is 749 g/mol. The number of fused-ring (bicyclic) bond motifs is 9. The lowest BCUT2D eigenvalue weighted by Gasteiger charge is -2.26. The van der Waals surface area contributed by atoms with Gasteiger partial charge < -0.3 is 9.47 Å². The topological polar surface area (TPSA) is 8.17 Å². The number of anilines is 3. The van der Waals surface area contributed by atoms with Crippen LogP contribution in [-0.2, 0) is 10.8 Å². The Morgan fingerprint density at radius 2 is 0.758 bits per heavy atom. The molecule has 0 bridgehead atoms. The van der Waals surface area contributed by atoms with Gasteiger partial charge in [-0.05, 0) is 146 Å². The third-order valence-electron chi connectivity index (χ3n) is 14.0. The molecule has 2 nitrogen and oxygen atoms in total. The van der Waals surface area contributed by atoms with Crippen LogP contribution < -0.4 is 4.90 Å². The van der Waals surface area contributed by atoms with E-state index in [-0.39, 0.29) is 10.8 Å². The van der Waals surface area contributed by atoms with Crippen molar-refractivity contribution in [2.75, 3.05) is 4.90 Å². The summed E-state index contributed by atoms with van der Waals surface area (Å²) in [6.45, 7) is 9.52. The van der Waals surface area contributed by atoms with E-state index in [1.807, 2.05) is 0 Å². The molecule has 296 valence electrons. The maximum Gasteiger partial charge on any atom is 0.0544 e. The molecule has 0 spiro atoms. The second kappa shape index (κ2) is 13.5. The first kappa shape index (κ1) is 36.4. The van der Waals surface area contributed by atoms with Crippen LogP contribution >= 0.6 is 0 Å². The monoisotopic (exact) mass is 794 g/mol. The largest absolute Gasteiger partial charge is 0.310 e. The number of aromatic nitrogens is 1. The summed E-state index contributed by atoms with van der Waals surface area (Å²) >= 11 is 0. The first-order valence-electron chi connectivity index (χ1n) is 21.8. The van der Waals surface area contributed by atoms with Crippen LogP contribution in [0.3, 0.4) is 0 Å². The van der Waals surface area contributed by atoms with Crippen molar-refractivity contribution in [2.24, 2.45) is 0 Å². The number of benzene rings is 9. The molecule has 0 N–H and O–H groups in total. The molecule has 0 fully saturated rings. The van der Waals surface area contributed by atoms with Crippen molar-refractivity contribution in [2.45, 2.75) is 38.5 Å². The lowest BCUT2D eigenvalue weighted by atomic mass is 9.82. The summed E-state index contributed by atoms with van der Waals surface area (Å²) in [5, 5.41) is 2.60. The molecule has 0 unspecified atom stereocenters. The van der Waals surface area contributed by atoms with Gasteiger partial charge in [-0.15, -0.1) is 0 Å². The van der Waals surface area contributed by atoms with E-state index in [4.69, 9.17) is 0 Å². The first-order valence-corrected chi connectivity index (χ1v) is 21.8. The normalized spacial score (nSPS) is 14.1. The first-order chi connectivity index (χ1) is 30.3. The van der Waals surface area contributed by atoms with Crippen LogP contribution in [0, 0.1) is 0 Å². The lowest BCUT2D eigenvalue weighted by Crippen LogP contribution is -2.15. The van der Waals surface area contributed by atoms with Crippen LogP contribution in [0.4, 0.5) is 17.1 Å². The predicted octanol–water partition coefficient (Wildman–Crippen LogP) is 16.2. The molecule has 1 heterocycles. The number of hydrogen-bond donors (Lipinski definition) is 0. The summed E-state index contributed by atoms with van der Waals surface area (Å²) in [6, 6.07) is 76.3. The van der Waals surface area contributed by atoms with Crippen LogP contribution in [0.15, 0.2) is 206 Å². The van der Waals surface area contributed by atoms with Gasteiger partial charge in [0.05, 0.1) is 11.0 Å². The van der Waals surface area contributed by atoms with Crippen LogP contribution in [0.25, 0.3) is 72.0 Å². The van der Waals surface area contributed by atoms with Crippen molar-refractivity contribution in [3.63, 3.8) is 0 Å². The summed E-state index contributed by atoms with van der Waals surface area (Å²) < 4.78 is 2.53. The Balaban J connectivity index is 0.974. The molecule has 0 aliphatic heterocycles. The molecule has 0 radical (unpaired) electrons. The second-order valence-electron chi connectivity index (χ2n) is 18.2. The van der Waals surface area contributed by atoms with Crippen LogP contribution in [-0.4, -0.2) is 4.57 Å². The summed E-state index contributed by atoms with van der Waals surface area (Å²) in [6.07, 6.45) is 0. The van der Waals surface area contributed by atoms with Crippen molar-refractivity contribution in [3.05, 3.63) is 229 Å². The van der Waals surface area contributed by atoms with Gasteiger partial charge in [-0.1, -0.05) is 155 Å². The maximum atomic E-state index is 2.53. The highest BCUT2D eigenvalue weighted by molar-refractivity contribution is 6.13. The Labute approximate surface area is 364 Å². The summed E-state index contributed by atoms with van der Waals surface area (Å²) in [7, 11) is 0. The molecule has 2 aliphatic carbocycles. The third kappa shape index (κ3) is 5.43. The minimum atomic E-state index is -0.0974. The third-order valence-corrected chi connectivity index (χ3v) is 14.0. The minimum absolute atomic E-state index is 0.0974. The predicted molar refractivity (Wildman–Crippen MR) is 261 cm³/mol. The molecule has 1 aromatic heterocycles. The zero-order valence-corrected chi connectivity index (χ0v) is 35.5. The molecule has 0 atom stereocenters. The standard InChI is InChI=1S/C60H46N2/c1-59(2)53-27-13-11-25-47(53)49-35-51-52-36-50-48-26-12-14-28-54(48)60(3,4)56(50)38-58(52)62(57(51)37-55(49)59)45-31-29-39(30-32-45)40-17-15-18-41(33-40)42-19-16-24-46(34-42)61(43-20-7-5-8-21-43)44-22-9-6-10-23-44/h5-38H,1-4H3. The molecular formula is C60H46N2. The quantitative estimate of drug-likeness (QED) is 0.163. The fourth-order valence-electron chi connectivity index (χ4n) is 10.8. The lowest BCUT2D eigenvalue weighted by molar-refractivity contribution is 0.660. The Morgan fingerprint density at radius 1 is 0.323 bits per heavy atom. The van der Waals surface area contributed by atoms with Gasteiger partial charge in [0.2, 0.25) is 0 Å². The zero-order chi connectivity index (χ0) is 41.7. The molecule has 62 heavy (non-hydrogen) atoms. The highest BCUT2D eigenvalue weighted by Crippen LogP contribution is 2.54. The van der Waals surface area contributed by atoms with Gasteiger partial charge in [0, 0.05) is 44.4 Å². The maximum absolute atomic E-state index is 2.53. The van der Waals surface area contributed by atoms with Gasteiger partial charge in [-0.25, -0.2) is 0 Å². The highest BCUT2D eigenvalue weighted by atomic mass is 15.1. The Kier molecular flexibility index (Phi) is 7.96. The van der Waals surface area contributed by atoms with Gasteiger partial charge in [-0.2, -0.15) is 0 Å². The van der Waals surface area contributed by atoms with Gasteiger partial charge in [0.1, 0.15) is 0 Å². The van der Waals surface area contributed by atoms with Gasteiger partial charge in [0.25, 0.3) is 0 Å². The number of para-hydroxylation sites is 2. The van der Waals surface area contributed by atoms with Gasteiger partial charge in [-0.3, -0.25) is 0 Å². The van der Waals surface area contributed by atoms with E-state index < -0.39 is 0 Å². The molecule has 2 heteroatoms. The highest BCUT2D eigenvalue weighted by Gasteiger charge is 2.38. The summed E-state index contributed by atoms with van der Waals surface area (Å²) in [5.74, 6) is 0. The number of nitrogens with zero attached hydrogens (tertiary/aromatic N) is 2. The fourth-order valence-corrected chi connectivity index (χ4v) is 10.8. The Morgan fingerprint density at radius 3 is 1.29 bits per heavy atom. The van der Waals surface area contributed by atoms with E-state index in [9.17, 15) is 0 Å². The summed E-state index contributed by atoms with van der Waals surface area (Å²) in [5.41, 5.74) is 22.6. The van der Waals surface area contributed by atoms with Crippen LogP contribution in [0.5, 0.6) is 0 Å². The molecule has 0 amide bonds. The molecule has 0 saturated heterocycles. The van der Waals surface area contributed by atoms with E-state index in [2.05, 4.69) is 243 Å². The average Bonchev–Trinajstić information content (AvgIpc) is 3.84. The van der Waals surface area contributed by atoms with Gasteiger partial charge in [0.15, 0.2) is 0 Å². The van der Waals surface area contributed by atoms with Gasteiger partial charge >= 0.3 is 0 Å². The summed E-state index contributed by atoms with van der Waals surface area (Å²) in [4.78, 5) is 2.32. The average molecular weight is 795 g/mol. The van der Waals surface area contributed by atoms with E-state index in [0.29, 0.717) is 0 Å². The molecule has 0 saturated carbocycles. The number of hydrogen-bond acceptors (Lipinski definition) is 1. The molecule has 2 aliphatic rings. The minimum Gasteiger partial charge on any atom is -0.310 e. The van der Waals surface area contributed by atoms with E-state index >= 15 is 0 Å².